The molecule has 0 fully saturated rings. The van der Waals surface area contributed by atoms with Crippen molar-refractivity contribution in [3.8, 4) is 28.1 Å². The predicted molar refractivity (Wildman–Crippen MR) is 187 cm³/mol. The van der Waals surface area contributed by atoms with Gasteiger partial charge in [0.1, 0.15) is 22.4 Å². The van der Waals surface area contributed by atoms with Crippen LogP contribution in [0.1, 0.15) is 5.56 Å². The van der Waals surface area contributed by atoms with E-state index in [0.717, 1.165) is 77.6 Å². The number of benzene rings is 5. The molecule has 0 unspecified atom stereocenters. The Balaban J connectivity index is 1.16. The maximum Gasteiger partial charge on any atom is 0.161 e. The van der Waals surface area contributed by atoms with Gasteiger partial charge in [0.15, 0.2) is 11.2 Å². The van der Waals surface area contributed by atoms with Gasteiger partial charge in [0.2, 0.25) is 0 Å². The molecular formula is C41H25N3O2. The Hall–Kier alpha value is -6.20. The number of aryl methyl sites for hydroxylation is 1. The first kappa shape index (κ1) is 25.2. The summed E-state index contributed by atoms with van der Waals surface area (Å²) in [5, 5.41) is 5.61. The second kappa shape index (κ2) is 9.40. The minimum Gasteiger partial charge on any atom is -0.454 e. The van der Waals surface area contributed by atoms with Crippen molar-refractivity contribution in [1.82, 2.24) is 14.5 Å². The van der Waals surface area contributed by atoms with Gasteiger partial charge >= 0.3 is 0 Å². The largest absolute Gasteiger partial charge is 0.454 e. The van der Waals surface area contributed by atoms with E-state index in [1.54, 1.807) is 0 Å². The van der Waals surface area contributed by atoms with Crippen LogP contribution in [0.3, 0.4) is 0 Å². The summed E-state index contributed by atoms with van der Waals surface area (Å²) in [6.07, 6.45) is 3.74. The molecule has 0 N–H and O–H groups in total. The van der Waals surface area contributed by atoms with Crippen molar-refractivity contribution in [2.75, 3.05) is 0 Å². The summed E-state index contributed by atoms with van der Waals surface area (Å²) >= 11 is 0. The molecule has 0 radical (unpaired) electrons. The second-order valence-corrected chi connectivity index (χ2v) is 11.9. The van der Waals surface area contributed by atoms with Gasteiger partial charge in [-0.25, -0.2) is 0 Å². The topological polar surface area (TPSA) is 57.0 Å². The van der Waals surface area contributed by atoms with E-state index in [1.807, 2.05) is 42.7 Å². The Bertz CT molecular complexity index is 2780. The highest BCUT2D eigenvalue weighted by molar-refractivity contribution is 6.12. The highest BCUT2D eigenvalue weighted by Crippen LogP contribution is 2.40. The zero-order chi connectivity index (χ0) is 30.4. The molecule has 216 valence electrons. The van der Waals surface area contributed by atoms with Crippen LogP contribution in [0.5, 0.6) is 0 Å². The standard InChI is InChI=1S/C41H25N3O2/c1-24-20-25(22-26(21-24)38-41-32(17-19-42-38)31-10-4-7-13-36(31)45-41)28-16-18-43-39-33-23-27(14-15-37(33)46-40(28)39)44-34-11-5-2-8-29(34)30-9-3-6-12-35(30)44/h2-23H,1H3. The van der Waals surface area contributed by atoms with Crippen molar-refractivity contribution in [1.29, 1.82) is 0 Å². The van der Waals surface area contributed by atoms with Gasteiger partial charge in [0, 0.05) is 56.1 Å². The Kier molecular flexibility index (Phi) is 5.14. The molecule has 10 aromatic rings. The van der Waals surface area contributed by atoms with Gasteiger partial charge in [-0.3, -0.25) is 9.97 Å². The summed E-state index contributed by atoms with van der Waals surface area (Å²) in [6, 6.07) is 42.2. The molecule has 0 spiro atoms. The van der Waals surface area contributed by atoms with Crippen molar-refractivity contribution in [2.45, 2.75) is 6.92 Å². The fourth-order valence-electron chi connectivity index (χ4n) is 7.15. The lowest BCUT2D eigenvalue weighted by Crippen LogP contribution is -1.93. The molecule has 5 heteroatoms. The van der Waals surface area contributed by atoms with Gasteiger partial charge in [0.05, 0.1) is 11.0 Å². The van der Waals surface area contributed by atoms with Crippen molar-refractivity contribution < 1.29 is 8.83 Å². The third kappa shape index (κ3) is 3.57. The highest BCUT2D eigenvalue weighted by atomic mass is 16.3. The van der Waals surface area contributed by atoms with Gasteiger partial charge in [-0.2, -0.15) is 0 Å². The number of rotatable bonds is 3. The highest BCUT2D eigenvalue weighted by Gasteiger charge is 2.19. The number of pyridine rings is 2. The molecule has 0 aliphatic carbocycles. The van der Waals surface area contributed by atoms with E-state index in [1.165, 1.54) is 21.8 Å². The molecule has 0 aliphatic heterocycles. The molecule has 0 saturated carbocycles. The first-order valence-electron chi connectivity index (χ1n) is 15.4. The van der Waals surface area contributed by atoms with Crippen molar-refractivity contribution in [2.24, 2.45) is 0 Å². The molecule has 0 atom stereocenters. The number of hydrogen-bond donors (Lipinski definition) is 0. The van der Waals surface area contributed by atoms with E-state index in [9.17, 15) is 0 Å². The molecule has 10 rings (SSSR count). The van der Waals surface area contributed by atoms with Crippen LogP contribution in [-0.2, 0) is 0 Å². The lowest BCUT2D eigenvalue weighted by atomic mass is 9.98. The monoisotopic (exact) mass is 591 g/mol. The summed E-state index contributed by atoms with van der Waals surface area (Å²) in [5.74, 6) is 0. The third-order valence-corrected chi connectivity index (χ3v) is 9.13. The summed E-state index contributed by atoms with van der Waals surface area (Å²) in [4.78, 5) is 9.63. The van der Waals surface area contributed by atoms with Crippen molar-refractivity contribution >= 4 is 65.8 Å². The first-order valence-corrected chi connectivity index (χ1v) is 15.4. The van der Waals surface area contributed by atoms with Crippen LogP contribution in [0.4, 0.5) is 0 Å². The lowest BCUT2D eigenvalue weighted by Gasteiger charge is -2.09. The molecule has 46 heavy (non-hydrogen) atoms. The average Bonchev–Trinajstić information content (AvgIpc) is 3.77. The second-order valence-electron chi connectivity index (χ2n) is 11.9. The van der Waals surface area contributed by atoms with Gasteiger partial charge in [-0.1, -0.05) is 60.7 Å². The lowest BCUT2D eigenvalue weighted by molar-refractivity contribution is 0.668. The maximum absolute atomic E-state index is 6.57. The number of para-hydroxylation sites is 3. The molecule has 0 saturated heterocycles. The zero-order valence-corrected chi connectivity index (χ0v) is 24.9. The van der Waals surface area contributed by atoms with Crippen molar-refractivity contribution in [3.63, 3.8) is 0 Å². The Morgan fingerprint density at radius 3 is 2.02 bits per heavy atom. The van der Waals surface area contributed by atoms with E-state index in [0.29, 0.717) is 0 Å². The SMILES string of the molecule is Cc1cc(-c2nccc3c2oc2ccccc23)cc(-c2ccnc3c2oc2ccc(-n4c5ccccc5c5ccccc54)cc23)c1. The van der Waals surface area contributed by atoms with Crippen LogP contribution in [0.25, 0.3) is 93.9 Å². The van der Waals surface area contributed by atoms with Gasteiger partial charge in [0.25, 0.3) is 0 Å². The van der Waals surface area contributed by atoms with Crippen molar-refractivity contribution in [3.05, 3.63) is 139 Å². The maximum atomic E-state index is 6.57. The first-order chi connectivity index (χ1) is 22.7. The van der Waals surface area contributed by atoms with Crippen LogP contribution >= 0.6 is 0 Å². The smallest absolute Gasteiger partial charge is 0.161 e. The minimum absolute atomic E-state index is 0.767. The third-order valence-electron chi connectivity index (χ3n) is 9.13. The van der Waals surface area contributed by atoms with Gasteiger partial charge in [-0.05, 0) is 78.7 Å². The van der Waals surface area contributed by atoms with Crippen LogP contribution < -0.4 is 0 Å². The summed E-state index contributed by atoms with van der Waals surface area (Å²) in [7, 11) is 0. The van der Waals surface area contributed by atoms with E-state index in [2.05, 4.69) is 102 Å². The summed E-state index contributed by atoms with van der Waals surface area (Å²) < 4.78 is 15.2. The van der Waals surface area contributed by atoms with Crippen LogP contribution in [0, 0.1) is 6.92 Å². The molecule has 0 bridgehead atoms. The Morgan fingerprint density at radius 2 is 1.20 bits per heavy atom. The quantitative estimate of drug-likeness (QED) is 0.205. The molecule has 5 nitrogen and oxygen atoms in total. The number of aromatic nitrogens is 3. The summed E-state index contributed by atoms with van der Waals surface area (Å²) in [6.45, 7) is 2.11. The zero-order valence-electron chi connectivity index (χ0n) is 24.9. The molecule has 5 aromatic heterocycles. The van der Waals surface area contributed by atoms with E-state index in [4.69, 9.17) is 18.8 Å². The van der Waals surface area contributed by atoms with E-state index < -0.39 is 0 Å². The molecule has 5 aromatic carbocycles. The fourth-order valence-corrected chi connectivity index (χ4v) is 7.15. The number of hydrogen-bond acceptors (Lipinski definition) is 4. The van der Waals surface area contributed by atoms with Crippen LogP contribution in [0.2, 0.25) is 0 Å². The Morgan fingerprint density at radius 1 is 0.522 bits per heavy atom. The summed E-state index contributed by atoms with van der Waals surface area (Å²) in [5.41, 5.74) is 12.5. The normalized spacial score (nSPS) is 12.0. The molecule has 0 aliphatic rings. The van der Waals surface area contributed by atoms with E-state index >= 15 is 0 Å². The van der Waals surface area contributed by atoms with Gasteiger partial charge in [-0.15, -0.1) is 0 Å². The molecule has 5 heterocycles. The van der Waals surface area contributed by atoms with Crippen LogP contribution in [0.15, 0.2) is 143 Å². The fraction of sp³-hybridized carbons (Fsp3) is 0.0244. The van der Waals surface area contributed by atoms with Gasteiger partial charge < -0.3 is 13.4 Å². The number of furan rings is 2. The number of nitrogens with zero attached hydrogens (tertiary/aromatic N) is 3. The van der Waals surface area contributed by atoms with Crippen LogP contribution in [-0.4, -0.2) is 14.5 Å². The minimum atomic E-state index is 0.767. The number of fused-ring (bicyclic) bond motifs is 9. The average molecular weight is 592 g/mol. The predicted octanol–water partition coefficient (Wildman–Crippen LogP) is 11.0. The Labute approximate surface area is 263 Å². The molecule has 0 amide bonds. The van der Waals surface area contributed by atoms with E-state index in [-0.39, 0.29) is 0 Å². The molecular weight excluding hydrogens is 566 g/mol.